The minimum Gasteiger partial charge on any atom is -0.295 e. The molecule has 5 heteroatoms. The van der Waals surface area contributed by atoms with E-state index < -0.39 is 5.76 Å². The Morgan fingerprint density at radius 1 is 1.70 bits per heavy atom. The van der Waals surface area contributed by atoms with Crippen LogP contribution in [0.15, 0.2) is 9.32 Å². The molecule has 1 heterocycles. The average molecular weight is 254 g/mol. The fourth-order valence-corrected chi connectivity index (χ4v) is 1.32. The fourth-order valence-electron chi connectivity index (χ4n) is 0.583. The van der Waals surface area contributed by atoms with Crippen LogP contribution in [0.1, 0.15) is 25.6 Å². The van der Waals surface area contributed by atoms with Gasteiger partial charge in [0.15, 0.2) is 5.82 Å². The van der Waals surface area contributed by atoms with Crippen LogP contribution in [-0.2, 0) is 0 Å². The molecule has 56 valence electrons. The number of aromatic nitrogens is 2. The van der Waals surface area contributed by atoms with Crippen molar-refractivity contribution in [3.63, 3.8) is 0 Å². The topological polar surface area (TPSA) is 48.0 Å². The number of halogens is 1. The molecular weight excluding hydrogens is 247 g/mol. The van der Waals surface area contributed by atoms with E-state index in [2.05, 4.69) is 9.68 Å². The molecule has 0 spiro atoms. The normalized spacial score (nSPS) is 10.8. The van der Waals surface area contributed by atoms with E-state index in [0.29, 0.717) is 5.82 Å². The maximum atomic E-state index is 10.7. The predicted molar refractivity (Wildman–Crippen MR) is 44.3 cm³/mol. The Morgan fingerprint density at radius 2 is 2.30 bits per heavy atom. The van der Waals surface area contributed by atoms with Crippen molar-refractivity contribution in [3.05, 3.63) is 16.4 Å². The van der Waals surface area contributed by atoms with Gasteiger partial charge in [0.25, 0.3) is 0 Å². The van der Waals surface area contributed by atoms with E-state index in [9.17, 15) is 4.79 Å². The quantitative estimate of drug-likeness (QED) is 0.706. The van der Waals surface area contributed by atoms with E-state index in [0.717, 1.165) is 0 Å². The summed E-state index contributed by atoms with van der Waals surface area (Å²) in [6.07, 6.45) is 0. The zero-order chi connectivity index (χ0) is 7.72. The van der Waals surface area contributed by atoms with Gasteiger partial charge < -0.3 is 0 Å². The van der Waals surface area contributed by atoms with Crippen LogP contribution in [-0.4, -0.2) is 7.94 Å². The molecule has 0 aliphatic heterocycles. The number of hydrogen-bond donors (Lipinski definition) is 0. The van der Waals surface area contributed by atoms with Crippen LogP contribution in [0.2, 0.25) is 0 Å². The molecule has 0 bridgehead atoms. The second kappa shape index (κ2) is 2.73. The van der Waals surface area contributed by atoms with Crippen molar-refractivity contribution in [2.75, 3.05) is 0 Å². The summed E-state index contributed by atoms with van der Waals surface area (Å²) in [5.41, 5.74) is 0. The molecular formula is C5H7IN2O2. The molecule has 0 amide bonds. The SMILES string of the molecule is CC(C)c1noc(=O)n1I. The van der Waals surface area contributed by atoms with Crippen LogP contribution < -0.4 is 5.76 Å². The molecule has 0 radical (unpaired) electrons. The second-order valence-corrected chi connectivity index (χ2v) is 3.21. The molecule has 0 atom stereocenters. The molecule has 1 rings (SSSR count). The van der Waals surface area contributed by atoms with Gasteiger partial charge in [-0.1, -0.05) is 19.0 Å². The Labute approximate surface area is 71.7 Å². The van der Waals surface area contributed by atoms with Gasteiger partial charge in [0, 0.05) is 5.92 Å². The van der Waals surface area contributed by atoms with Crippen molar-refractivity contribution in [2.45, 2.75) is 19.8 Å². The highest BCUT2D eigenvalue weighted by Crippen LogP contribution is 2.10. The zero-order valence-corrected chi connectivity index (χ0v) is 7.82. The van der Waals surface area contributed by atoms with Crippen LogP contribution in [0.25, 0.3) is 0 Å². The van der Waals surface area contributed by atoms with E-state index in [1.54, 1.807) is 0 Å². The van der Waals surface area contributed by atoms with Crippen LogP contribution in [0.5, 0.6) is 0 Å². The van der Waals surface area contributed by atoms with E-state index in [1.165, 1.54) is 2.78 Å². The monoisotopic (exact) mass is 254 g/mol. The van der Waals surface area contributed by atoms with Crippen LogP contribution >= 0.6 is 22.9 Å². The maximum absolute atomic E-state index is 10.7. The molecule has 0 saturated carbocycles. The van der Waals surface area contributed by atoms with Gasteiger partial charge in [0.2, 0.25) is 0 Å². The lowest BCUT2D eigenvalue weighted by Crippen LogP contribution is -2.07. The smallest absolute Gasteiger partial charge is 0.295 e. The first-order valence-corrected chi connectivity index (χ1v) is 3.84. The molecule has 1 aromatic heterocycles. The predicted octanol–water partition coefficient (Wildman–Crippen LogP) is 1.16. The minimum absolute atomic E-state index is 0.225. The maximum Gasteiger partial charge on any atom is 0.450 e. The molecule has 0 saturated heterocycles. The lowest BCUT2D eigenvalue weighted by Gasteiger charge is -1.96. The van der Waals surface area contributed by atoms with Gasteiger partial charge in [-0.05, 0) is 0 Å². The van der Waals surface area contributed by atoms with Gasteiger partial charge in [-0.3, -0.25) is 4.52 Å². The minimum atomic E-state index is -0.413. The Hall–Kier alpha value is -0.330. The summed E-state index contributed by atoms with van der Waals surface area (Å²) < 4.78 is 5.78. The molecule has 0 unspecified atom stereocenters. The van der Waals surface area contributed by atoms with Crippen molar-refractivity contribution in [3.8, 4) is 0 Å². The third-order valence-electron chi connectivity index (χ3n) is 1.10. The summed E-state index contributed by atoms with van der Waals surface area (Å²) >= 11 is 1.86. The van der Waals surface area contributed by atoms with Crippen LogP contribution in [0.3, 0.4) is 0 Å². The molecule has 4 nitrogen and oxygen atoms in total. The molecule has 0 fully saturated rings. The van der Waals surface area contributed by atoms with Gasteiger partial charge in [-0.2, -0.15) is 2.78 Å². The van der Waals surface area contributed by atoms with Crippen LogP contribution in [0, 0.1) is 0 Å². The van der Waals surface area contributed by atoms with Crippen molar-refractivity contribution >= 4 is 22.9 Å². The van der Waals surface area contributed by atoms with E-state index in [-0.39, 0.29) is 5.92 Å². The van der Waals surface area contributed by atoms with E-state index in [1.807, 2.05) is 36.7 Å². The summed E-state index contributed by atoms with van der Waals surface area (Å²) in [6.45, 7) is 3.90. The van der Waals surface area contributed by atoms with Gasteiger partial charge >= 0.3 is 5.76 Å². The first kappa shape index (κ1) is 7.77. The Bertz CT molecular complexity index is 275. The van der Waals surface area contributed by atoms with E-state index >= 15 is 0 Å². The average Bonchev–Trinajstić information content (AvgIpc) is 2.14. The van der Waals surface area contributed by atoms with Crippen LogP contribution in [0.4, 0.5) is 0 Å². The molecule has 0 N–H and O–H groups in total. The van der Waals surface area contributed by atoms with Crippen molar-refractivity contribution in [1.82, 2.24) is 7.94 Å². The van der Waals surface area contributed by atoms with Gasteiger partial charge in [-0.25, -0.2) is 4.79 Å². The number of hydrogen-bond acceptors (Lipinski definition) is 3. The number of rotatable bonds is 1. The zero-order valence-electron chi connectivity index (χ0n) is 5.67. The Morgan fingerprint density at radius 3 is 2.50 bits per heavy atom. The molecule has 0 aliphatic rings. The van der Waals surface area contributed by atoms with Crippen molar-refractivity contribution in [2.24, 2.45) is 0 Å². The lowest BCUT2D eigenvalue weighted by molar-refractivity contribution is 0.379. The van der Waals surface area contributed by atoms with Gasteiger partial charge in [0.1, 0.15) is 0 Å². The first-order valence-electron chi connectivity index (χ1n) is 2.87. The van der Waals surface area contributed by atoms with Gasteiger partial charge in [0.05, 0.1) is 22.9 Å². The summed E-state index contributed by atoms with van der Waals surface area (Å²) in [4.78, 5) is 10.7. The molecule has 0 aromatic carbocycles. The third-order valence-corrected chi connectivity index (χ3v) is 1.98. The molecule has 0 aliphatic carbocycles. The number of nitrogens with zero attached hydrogens (tertiary/aromatic N) is 2. The molecule has 1 aromatic rings. The van der Waals surface area contributed by atoms with Crippen molar-refractivity contribution < 1.29 is 4.52 Å². The fraction of sp³-hybridized carbons (Fsp3) is 0.600. The summed E-state index contributed by atoms with van der Waals surface area (Å²) in [5, 5.41) is 3.58. The molecule has 10 heavy (non-hydrogen) atoms. The highest BCUT2D eigenvalue weighted by atomic mass is 127. The standard InChI is InChI=1S/C5H7IN2O2/c1-3(2)4-7-10-5(9)8(4)6/h3H,1-2H3. The van der Waals surface area contributed by atoms with Gasteiger partial charge in [-0.15, -0.1) is 0 Å². The van der Waals surface area contributed by atoms with Crippen molar-refractivity contribution in [1.29, 1.82) is 0 Å². The third kappa shape index (κ3) is 1.23. The summed E-state index contributed by atoms with van der Waals surface area (Å²) in [6, 6.07) is 0. The highest BCUT2D eigenvalue weighted by Gasteiger charge is 2.10. The first-order chi connectivity index (χ1) is 4.63. The Balaban J connectivity index is 3.18. The summed E-state index contributed by atoms with van der Waals surface area (Å²) in [7, 11) is 0. The van der Waals surface area contributed by atoms with E-state index in [4.69, 9.17) is 0 Å². The Kier molecular flexibility index (Phi) is 2.12. The largest absolute Gasteiger partial charge is 0.450 e. The second-order valence-electron chi connectivity index (χ2n) is 2.24. The summed E-state index contributed by atoms with van der Waals surface area (Å²) in [5.74, 6) is 0.484. The highest BCUT2D eigenvalue weighted by molar-refractivity contribution is 14.1. The lowest BCUT2D eigenvalue weighted by atomic mass is 10.2.